The predicted octanol–water partition coefficient (Wildman–Crippen LogP) is 1.88. The minimum absolute atomic E-state index is 0.0519. The summed E-state index contributed by atoms with van der Waals surface area (Å²) in [5, 5.41) is 0. The third-order valence-corrected chi connectivity index (χ3v) is 3.20. The first-order valence-electron chi connectivity index (χ1n) is 4.89. The number of anilines is 1. The van der Waals surface area contributed by atoms with E-state index in [1.165, 1.54) is 12.0 Å². The van der Waals surface area contributed by atoms with Crippen molar-refractivity contribution in [2.24, 2.45) is 0 Å². The van der Waals surface area contributed by atoms with Crippen LogP contribution in [-0.4, -0.2) is 23.0 Å². The molecule has 5 nitrogen and oxygen atoms in total. The van der Waals surface area contributed by atoms with E-state index in [2.05, 4.69) is 14.7 Å². The highest BCUT2D eigenvalue weighted by molar-refractivity contribution is 7.15. The topological polar surface area (TPSA) is 78.1 Å². The van der Waals surface area contributed by atoms with Crippen LogP contribution in [0.3, 0.4) is 0 Å². The summed E-state index contributed by atoms with van der Waals surface area (Å²) in [5.41, 5.74) is 6.25. The fraction of sp³-hybridized carbons (Fsp3) is 0.182. The maximum absolute atomic E-state index is 11.4. The van der Waals surface area contributed by atoms with Crippen LogP contribution in [0.5, 0.6) is 0 Å². The average Bonchev–Trinajstić information content (AvgIpc) is 2.75. The third-order valence-electron chi connectivity index (χ3n) is 2.17. The molecule has 0 aliphatic carbocycles. The second kappa shape index (κ2) is 4.50. The maximum Gasteiger partial charge on any atom is 0.360 e. The molecular weight excluding hydrogens is 238 g/mol. The highest BCUT2D eigenvalue weighted by Gasteiger charge is 2.15. The Balaban J connectivity index is 2.47. The van der Waals surface area contributed by atoms with E-state index >= 15 is 0 Å². The molecule has 0 saturated heterocycles. The molecular formula is C11H11N3O2S. The van der Waals surface area contributed by atoms with Gasteiger partial charge in [0.25, 0.3) is 0 Å². The van der Waals surface area contributed by atoms with Crippen LogP contribution in [0.2, 0.25) is 0 Å². The van der Waals surface area contributed by atoms with E-state index in [0.29, 0.717) is 5.69 Å². The van der Waals surface area contributed by atoms with Crippen molar-refractivity contribution in [2.75, 3.05) is 12.8 Å². The van der Waals surface area contributed by atoms with Gasteiger partial charge in [-0.05, 0) is 19.1 Å². The number of nitrogens with zero attached hydrogens (tertiary/aromatic N) is 2. The number of aryl methyl sites for hydroxylation is 1. The Morgan fingerprint density at radius 2 is 2.24 bits per heavy atom. The van der Waals surface area contributed by atoms with Crippen molar-refractivity contribution in [1.82, 2.24) is 9.97 Å². The molecule has 2 rings (SSSR count). The molecule has 0 saturated carbocycles. The molecule has 2 N–H and O–H groups in total. The van der Waals surface area contributed by atoms with E-state index < -0.39 is 5.97 Å². The van der Waals surface area contributed by atoms with Crippen molar-refractivity contribution in [3.8, 4) is 10.6 Å². The minimum atomic E-state index is -0.579. The molecule has 2 heterocycles. The maximum atomic E-state index is 11.4. The van der Waals surface area contributed by atoms with E-state index in [4.69, 9.17) is 5.73 Å². The summed E-state index contributed by atoms with van der Waals surface area (Å²) < 4.78 is 4.60. The van der Waals surface area contributed by atoms with Crippen molar-refractivity contribution in [2.45, 2.75) is 6.92 Å². The van der Waals surface area contributed by atoms with Gasteiger partial charge in [0.1, 0.15) is 0 Å². The van der Waals surface area contributed by atoms with Gasteiger partial charge >= 0.3 is 5.97 Å². The fourth-order valence-electron chi connectivity index (χ4n) is 1.34. The van der Waals surface area contributed by atoms with Gasteiger partial charge in [-0.3, -0.25) is 0 Å². The zero-order valence-corrected chi connectivity index (χ0v) is 10.2. The predicted molar refractivity (Wildman–Crippen MR) is 65.8 cm³/mol. The Morgan fingerprint density at radius 1 is 1.47 bits per heavy atom. The molecule has 0 spiro atoms. The summed E-state index contributed by atoms with van der Waals surface area (Å²) >= 11 is 1.58. The number of methoxy groups -OCH3 is 1. The van der Waals surface area contributed by atoms with Gasteiger partial charge in [0.05, 0.1) is 23.9 Å². The highest BCUT2D eigenvalue weighted by Crippen LogP contribution is 2.26. The summed E-state index contributed by atoms with van der Waals surface area (Å²) in [6, 6.07) is 3.91. The molecule has 0 aromatic carbocycles. The summed E-state index contributed by atoms with van der Waals surface area (Å²) in [6.07, 6.45) is 1.55. The molecule has 0 unspecified atom stereocenters. The number of carbonyl (C=O) groups excluding carboxylic acids is 1. The lowest BCUT2D eigenvalue weighted by Gasteiger charge is -2.03. The number of carbonyl (C=O) groups is 1. The Bertz CT molecular complexity index is 566. The Labute approximate surface area is 102 Å². The smallest absolute Gasteiger partial charge is 0.360 e. The zero-order chi connectivity index (χ0) is 12.4. The molecule has 0 bridgehead atoms. The molecule has 0 aliphatic rings. The Hall–Kier alpha value is -1.95. The molecule has 17 heavy (non-hydrogen) atoms. The van der Waals surface area contributed by atoms with Crippen molar-refractivity contribution in [1.29, 1.82) is 0 Å². The van der Waals surface area contributed by atoms with Gasteiger partial charge < -0.3 is 10.5 Å². The van der Waals surface area contributed by atoms with Crippen molar-refractivity contribution >= 4 is 23.1 Å². The number of aromatic nitrogens is 2. The Kier molecular flexibility index (Phi) is 3.06. The number of rotatable bonds is 2. The molecule has 0 amide bonds. The van der Waals surface area contributed by atoms with Crippen LogP contribution >= 0.6 is 11.3 Å². The van der Waals surface area contributed by atoms with Gasteiger partial charge in [0.2, 0.25) is 0 Å². The van der Waals surface area contributed by atoms with Crippen LogP contribution in [0, 0.1) is 6.92 Å². The van der Waals surface area contributed by atoms with Crippen molar-refractivity contribution in [3.05, 3.63) is 28.9 Å². The lowest BCUT2D eigenvalue weighted by atomic mass is 10.3. The average molecular weight is 249 g/mol. The first-order chi connectivity index (χ1) is 8.11. The van der Waals surface area contributed by atoms with Gasteiger partial charge in [-0.15, -0.1) is 11.3 Å². The van der Waals surface area contributed by atoms with Crippen LogP contribution in [-0.2, 0) is 4.74 Å². The van der Waals surface area contributed by atoms with Gasteiger partial charge in [0, 0.05) is 4.88 Å². The van der Waals surface area contributed by atoms with E-state index in [0.717, 1.165) is 4.88 Å². The summed E-state index contributed by atoms with van der Waals surface area (Å²) in [4.78, 5) is 21.7. The molecule has 0 radical (unpaired) electrons. The van der Waals surface area contributed by atoms with Crippen LogP contribution in [0.1, 0.15) is 15.4 Å². The number of nitrogen functional groups attached to an aromatic ring is 1. The van der Waals surface area contributed by atoms with Gasteiger partial charge in [-0.1, -0.05) is 0 Å². The van der Waals surface area contributed by atoms with E-state index in [1.807, 2.05) is 19.1 Å². The van der Waals surface area contributed by atoms with Gasteiger partial charge in [-0.25, -0.2) is 14.8 Å². The number of thiophene rings is 1. The van der Waals surface area contributed by atoms with Crippen LogP contribution < -0.4 is 5.73 Å². The number of hydrogen-bond donors (Lipinski definition) is 1. The molecule has 0 fully saturated rings. The highest BCUT2D eigenvalue weighted by atomic mass is 32.1. The molecule has 0 atom stereocenters. The van der Waals surface area contributed by atoms with Gasteiger partial charge in [-0.2, -0.15) is 0 Å². The first-order valence-corrected chi connectivity index (χ1v) is 5.71. The monoisotopic (exact) mass is 249 g/mol. The Morgan fingerprint density at radius 3 is 2.82 bits per heavy atom. The number of hydrogen-bond acceptors (Lipinski definition) is 6. The molecule has 6 heteroatoms. The largest absolute Gasteiger partial charge is 0.464 e. The lowest BCUT2D eigenvalue weighted by Crippen LogP contribution is -2.10. The second-order valence-electron chi connectivity index (χ2n) is 3.39. The number of esters is 1. The fourth-order valence-corrected chi connectivity index (χ4v) is 2.16. The first kappa shape index (κ1) is 11.5. The second-order valence-corrected chi connectivity index (χ2v) is 4.68. The van der Waals surface area contributed by atoms with Crippen LogP contribution in [0.25, 0.3) is 10.6 Å². The van der Waals surface area contributed by atoms with Crippen molar-refractivity contribution < 1.29 is 9.53 Å². The number of ether oxygens (including phenoxy) is 1. The van der Waals surface area contributed by atoms with E-state index in [9.17, 15) is 4.79 Å². The van der Waals surface area contributed by atoms with E-state index in [1.54, 1.807) is 17.5 Å². The van der Waals surface area contributed by atoms with Crippen LogP contribution in [0.15, 0.2) is 18.3 Å². The summed E-state index contributed by atoms with van der Waals surface area (Å²) in [5.74, 6) is -0.501. The van der Waals surface area contributed by atoms with Crippen LogP contribution in [0.4, 0.5) is 5.82 Å². The zero-order valence-electron chi connectivity index (χ0n) is 9.43. The standard InChI is InChI=1S/C11H11N3O2S/c1-6-3-4-8(17-6)7-5-13-10(12)9(14-7)11(15)16-2/h3-5H,1-2H3,(H2,12,13). The van der Waals surface area contributed by atoms with Gasteiger partial charge in [0.15, 0.2) is 11.5 Å². The van der Waals surface area contributed by atoms with E-state index in [-0.39, 0.29) is 11.5 Å². The minimum Gasteiger partial charge on any atom is -0.464 e. The normalized spacial score (nSPS) is 10.2. The van der Waals surface area contributed by atoms with Crippen molar-refractivity contribution in [3.63, 3.8) is 0 Å². The molecule has 0 aliphatic heterocycles. The third kappa shape index (κ3) is 2.26. The summed E-state index contributed by atoms with van der Waals surface area (Å²) in [7, 11) is 1.28. The quantitative estimate of drug-likeness (QED) is 0.822. The summed E-state index contributed by atoms with van der Waals surface area (Å²) in [6.45, 7) is 2.00. The molecule has 88 valence electrons. The number of nitrogens with two attached hydrogens (primary N) is 1. The lowest BCUT2D eigenvalue weighted by molar-refractivity contribution is 0.0595. The molecule has 2 aromatic rings. The SMILES string of the molecule is COC(=O)c1nc(-c2ccc(C)s2)cnc1N. The molecule has 2 aromatic heterocycles.